The fourth-order valence-electron chi connectivity index (χ4n) is 2.66. The summed E-state index contributed by atoms with van der Waals surface area (Å²) in [4.78, 5) is 23.5. The molecule has 2 N–H and O–H groups in total. The van der Waals surface area contributed by atoms with Crippen LogP contribution in [-0.4, -0.2) is 17.5 Å². The third-order valence-electron chi connectivity index (χ3n) is 4.12. The monoisotopic (exact) mass is 371 g/mol. The molecule has 3 aromatic carbocycles. The first-order valence-corrected chi connectivity index (χ1v) is 8.96. The molecular weight excluding hydrogens is 350 g/mol. The molecule has 28 heavy (non-hydrogen) atoms. The molecule has 0 heterocycles. The Balaban J connectivity index is 1.77. The van der Waals surface area contributed by atoms with E-state index in [1.807, 2.05) is 72.8 Å². The van der Waals surface area contributed by atoms with E-state index in [4.69, 9.17) is 0 Å². The van der Waals surface area contributed by atoms with Gasteiger partial charge in [-0.15, -0.1) is 0 Å². The molecule has 2 amide bonds. The average molecular weight is 371 g/mol. The Morgan fingerprint density at radius 2 is 1.29 bits per heavy atom. The van der Waals surface area contributed by atoms with Crippen molar-refractivity contribution in [3.8, 4) is 0 Å². The molecule has 0 aliphatic carbocycles. The van der Waals surface area contributed by atoms with Gasteiger partial charge >= 0.3 is 0 Å². The number of carbonyl (C=O) groups is 2. The van der Waals surface area contributed by atoms with Gasteiger partial charge in [0.25, 0.3) is 5.91 Å². The fraction of sp³-hybridized carbons (Fsp3) is 0.0870. The summed E-state index contributed by atoms with van der Waals surface area (Å²) in [6.45, 7) is 1.90. The molecule has 5 nitrogen and oxygen atoms in total. The van der Waals surface area contributed by atoms with Crippen LogP contribution in [0.4, 0.5) is 0 Å². The van der Waals surface area contributed by atoms with Crippen molar-refractivity contribution >= 4 is 17.5 Å². The minimum Gasteiger partial charge on any atom is -0.352 e. The summed E-state index contributed by atoms with van der Waals surface area (Å²) in [6.07, 6.45) is 0. The van der Waals surface area contributed by atoms with E-state index >= 15 is 0 Å². The van der Waals surface area contributed by atoms with Crippen LogP contribution in [0.15, 0.2) is 90.0 Å². The lowest BCUT2D eigenvalue weighted by Crippen LogP contribution is -2.21. The largest absolute Gasteiger partial charge is 0.352 e. The Morgan fingerprint density at radius 1 is 0.750 bits per heavy atom. The van der Waals surface area contributed by atoms with Gasteiger partial charge < -0.3 is 5.32 Å². The van der Waals surface area contributed by atoms with Crippen LogP contribution >= 0.6 is 0 Å². The maximum atomic E-state index is 12.5. The van der Waals surface area contributed by atoms with Crippen LogP contribution in [0, 0.1) is 0 Å². The minimum absolute atomic E-state index is 0.0921. The Bertz CT molecular complexity index is 924. The summed E-state index contributed by atoms with van der Waals surface area (Å²) in [6, 6.07) is 26.5. The number of benzene rings is 3. The lowest BCUT2D eigenvalue weighted by atomic mass is 10.0. The molecule has 0 aliphatic rings. The molecule has 0 saturated carbocycles. The van der Waals surface area contributed by atoms with Gasteiger partial charge in [-0.2, -0.15) is 5.10 Å². The minimum atomic E-state index is -0.296. The summed E-state index contributed by atoms with van der Waals surface area (Å²) in [5.41, 5.74) is 6.59. The van der Waals surface area contributed by atoms with Gasteiger partial charge in [-0.3, -0.25) is 9.59 Å². The predicted molar refractivity (Wildman–Crippen MR) is 110 cm³/mol. The summed E-state index contributed by atoms with van der Waals surface area (Å²) >= 11 is 0. The van der Waals surface area contributed by atoms with Crippen LogP contribution in [0.2, 0.25) is 0 Å². The molecule has 0 fully saturated rings. The summed E-state index contributed by atoms with van der Waals surface area (Å²) in [5, 5.41) is 7.11. The number of nitrogens with zero attached hydrogens (tertiary/aromatic N) is 1. The van der Waals surface area contributed by atoms with Crippen LogP contribution in [0.3, 0.4) is 0 Å². The highest BCUT2D eigenvalue weighted by atomic mass is 16.2. The van der Waals surface area contributed by atoms with E-state index < -0.39 is 0 Å². The topological polar surface area (TPSA) is 70.6 Å². The molecule has 0 aliphatic heterocycles. The molecule has 3 rings (SSSR count). The van der Waals surface area contributed by atoms with E-state index in [-0.39, 0.29) is 11.8 Å². The van der Waals surface area contributed by atoms with Gasteiger partial charge in [0.1, 0.15) is 0 Å². The third kappa shape index (κ3) is 5.14. The van der Waals surface area contributed by atoms with Gasteiger partial charge in [-0.25, -0.2) is 5.43 Å². The summed E-state index contributed by atoms with van der Waals surface area (Å²) in [5.74, 6) is -0.388. The SMILES string of the molecule is CC(=O)NCc1ccc(C(=O)NN=C(c2ccccc2)c2ccccc2)cc1. The maximum Gasteiger partial charge on any atom is 0.271 e. The molecule has 140 valence electrons. The molecule has 5 heteroatoms. The van der Waals surface area contributed by atoms with Crippen LogP contribution in [0.5, 0.6) is 0 Å². The number of hydrazone groups is 1. The maximum absolute atomic E-state index is 12.5. The Kier molecular flexibility index (Phi) is 6.31. The van der Waals surface area contributed by atoms with Crippen LogP contribution in [-0.2, 0) is 11.3 Å². The molecule has 0 unspecified atom stereocenters. The van der Waals surface area contributed by atoms with Crippen molar-refractivity contribution in [2.45, 2.75) is 13.5 Å². The second-order valence-corrected chi connectivity index (χ2v) is 6.24. The van der Waals surface area contributed by atoms with Crippen LogP contribution in [0.25, 0.3) is 0 Å². The molecule has 0 spiro atoms. The zero-order valence-corrected chi connectivity index (χ0v) is 15.6. The van der Waals surface area contributed by atoms with Crippen molar-refractivity contribution in [3.63, 3.8) is 0 Å². The number of rotatable bonds is 6. The Labute approximate surface area is 164 Å². The van der Waals surface area contributed by atoms with Crippen molar-refractivity contribution in [1.29, 1.82) is 0 Å². The highest BCUT2D eigenvalue weighted by Crippen LogP contribution is 2.11. The van der Waals surface area contributed by atoms with Crippen molar-refractivity contribution in [2.24, 2.45) is 5.10 Å². The zero-order valence-electron chi connectivity index (χ0n) is 15.6. The molecule has 0 bridgehead atoms. The lowest BCUT2D eigenvalue weighted by Gasteiger charge is -2.08. The third-order valence-corrected chi connectivity index (χ3v) is 4.12. The Hall–Kier alpha value is -3.73. The van der Waals surface area contributed by atoms with Crippen LogP contribution < -0.4 is 10.7 Å². The molecule has 0 radical (unpaired) electrons. The van der Waals surface area contributed by atoms with Gasteiger partial charge in [0, 0.05) is 30.2 Å². The fourth-order valence-corrected chi connectivity index (χ4v) is 2.66. The first-order valence-electron chi connectivity index (χ1n) is 8.96. The number of nitrogens with one attached hydrogen (secondary N) is 2. The van der Waals surface area contributed by atoms with Crippen LogP contribution in [0.1, 0.15) is 34.0 Å². The van der Waals surface area contributed by atoms with Crippen molar-refractivity contribution in [3.05, 3.63) is 107 Å². The second kappa shape index (κ2) is 9.28. The van der Waals surface area contributed by atoms with E-state index in [9.17, 15) is 9.59 Å². The van der Waals surface area contributed by atoms with Gasteiger partial charge in [-0.05, 0) is 17.7 Å². The standard InChI is InChI=1S/C23H21N3O2/c1-17(27)24-16-18-12-14-21(15-13-18)23(28)26-25-22(19-8-4-2-5-9-19)20-10-6-3-7-11-20/h2-15H,16H2,1H3,(H,24,27)(H,26,28). The molecular formula is C23H21N3O2. The summed E-state index contributed by atoms with van der Waals surface area (Å²) in [7, 11) is 0. The molecule has 0 saturated heterocycles. The second-order valence-electron chi connectivity index (χ2n) is 6.24. The van der Waals surface area contributed by atoms with Gasteiger partial charge in [0.05, 0.1) is 5.71 Å². The smallest absolute Gasteiger partial charge is 0.271 e. The van der Waals surface area contributed by atoms with E-state index in [0.29, 0.717) is 17.8 Å². The Morgan fingerprint density at radius 3 is 1.79 bits per heavy atom. The number of carbonyl (C=O) groups excluding carboxylic acids is 2. The normalized spacial score (nSPS) is 10.0. The van der Waals surface area contributed by atoms with Gasteiger partial charge in [0.15, 0.2) is 0 Å². The predicted octanol–water partition coefficient (Wildman–Crippen LogP) is 3.51. The highest BCUT2D eigenvalue weighted by Gasteiger charge is 2.09. The first-order chi connectivity index (χ1) is 13.6. The lowest BCUT2D eigenvalue weighted by molar-refractivity contribution is -0.119. The van der Waals surface area contributed by atoms with E-state index in [1.54, 1.807) is 12.1 Å². The number of amides is 2. The van der Waals surface area contributed by atoms with E-state index in [1.165, 1.54) is 6.92 Å². The molecule has 3 aromatic rings. The van der Waals surface area contributed by atoms with Crippen molar-refractivity contribution in [1.82, 2.24) is 10.7 Å². The zero-order chi connectivity index (χ0) is 19.8. The van der Waals surface area contributed by atoms with E-state index in [0.717, 1.165) is 16.7 Å². The van der Waals surface area contributed by atoms with Crippen molar-refractivity contribution < 1.29 is 9.59 Å². The first kappa shape index (κ1) is 19.0. The summed E-state index contributed by atoms with van der Waals surface area (Å²) < 4.78 is 0. The average Bonchev–Trinajstić information content (AvgIpc) is 2.74. The molecule has 0 aromatic heterocycles. The quantitative estimate of drug-likeness (QED) is 0.514. The number of hydrogen-bond acceptors (Lipinski definition) is 3. The highest BCUT2D eigenvalue weighted by molar-refractivity contribution is 6.13. The number of hydrogen-bond donors (Lipinski definition) is 2. The van der Waals surface area contributed by atoms with Gasteiger partial charge in [-0.1, -0.05) is 72.8 Å². The van der Waals surface area contributed by atoms with Crippen molar-refractivity contribution in [2.75, 3.05) is 0 Å². The van der Waals surface area contributed by atoms with Gasteiger partial charge in [0.2, 0.25) is 5.91 Å². The van der Waals surface area contributed by atoms with E-state index in [2.05, 4.69) is 15.8 Å². The molecule has 0 atom stereocenters.